The van der Waals surface area contributed by atoms with Gasteiger partial charge < -0.3 is 18.9 Å². The number of ether oxygens (including phenoxy) is 4. The van der Waals surface area contributed by atoms with Gasteiger partial charge >= 0.3 is 5.97 Å². The number of carbonyl (C=O) groups is 2. The number of benzene rings is 4. The second-order valence-electron chi connectivity index (χ2n) is 7.71. The highest BCUT2D eigenvalue weighted by Gasteiger charge is 2.17. The summed E-state index contributed by atoms with van der Waals surface area (Å²) < 4.78 is 21.6. The van der Waals surface area contributed by atoms with Crippen LogP contribution in [-0.4, -0.2) is 39.4 Å². The standard InChI is InChI=1S/C28H23ClN2O6/c1-34-24-14-19(15-25(35-2)26(24)36-3)27(32)31-30-16-22-21-7-5-4-6-17(21)10-13-23(22)37-28(33)18-8-11-20(29)12-9-18/h4-16H,1-3H3,(H,31,32)/b30-16-. The molecule has 0 aromatic heterocycles. The Balaban J connectivity index is 1.62. The van der Waals surface area contributed by atoms with Crippen LogP contribution >= 0.6 is 11.6 Å². The number of hydrogen-bond donors (Lipinski definition) is 1. The van der Waals surface area contributed by atoms with Gasteiger partial charge in [0.1, 0.15) is 5.75 Å². The summed E-state index contributed by atoms with van der Waals surface area (Å²) >= 11 is 5.92. The van der Waals surface area contributed by atoms with Crippen LogP contribution in [0.3, 0.4) is 0 Å². The number of amides is 1. The number of fused-ring (bicyclic) bond motifs is 1. The second-order valence-corrected chi connectivity index (χ2v) is 8.14. The largest absolute Gasteiger partial charge is 0.493 e. The third-order valence-electron chi connectivity index (χ3n) is 5.50. The molecule has 0 radical (unpaired) electrons. The van der Waals surface area contributed by atoms with Gasteiger partial charge in [0.25, 0.3) is 5.91 Å². The number of carbonyl (C=O) groups excluding carboxylic acids is 2. The summed E-state index contributed by atoms with van der Waals surface area (Å²) in [5, 5.41) is 6.33. The number of hydrogen-bond acceptors (Lipinski definition) is 7. The van der Waals surface area contributed by atoms with Crippen molar-refractivity contribution in [3.05, 3.63) is 94.5 Å². The summed E-state index contributed by atoms with van der Waals surface area (Å²) in [4.78, 5) is 25.6. The van der Waals surface area contributed by atoms with E-state index < -0.39 is 11.9 Å². The van der Waals surface area contributed by atoms with Gasteiger partial charge in [0.05, 0.1) is 33.1 Å². The van der Waals surface area contributed by atoms with Crippen molar-refractivity contribution in [2.75, 3.05) is 21.3 Å². The van der Waals surface area contributed by atoms with Gasteiger partial charge in [-0.2, -0.15) is 5.10 Å². The van der Waals surface area contributed by atoms with E-state index in [0.29, 0.717) is 33.4 Å². The number of nitrogens with zero attached hydrogens (tertiary/aromatic N) is 1. The summed E-state index contributed by atoms with van der Waals surface area (Å²) in [6.45, 7) is 0. The molecule has 9 heteroatoms. The van der Waals surface area contributed by atoms with Crippen molar-refractivity contribution in [1.82, 2.24) is 5.43 Å². The normalized spacial score (nSPS) is 10.8. The van der Waals surface area contributed by atoms with Gasteiger partial charge in [-0.15, -0.1) is 0 Å². The van der Waals surface area contributed by atoms with Crippen molar-refractivity contribution in [1.29, 1.82) is 0 Å². The van der Waals surface area contributed by atoms with Crippen LogP contribution in [0, 0.1) is 0 Å². The van der Waals surface area contributed by atoms with Gasteiger partial charge in [-0.1, -0.05) is 41.9 Å². The van der Waals surface area contributed by atoms with Crippen LogP contribution in [0.4, 0.5) is 0 Å². The molecule has 1 amide bonds. The molecule has 0 aliphatic carbocycles. The number of halogens is 1. The first-order valence-electron chi connectivity index (χ1n) is 11.1. The number of esters is 1. The summed E-state index contributed by atoms with van der Waals surface area (Å²) in [6.07, 6.45) is 1.43. The quantitative estimate of drug-likeness (QED) is 0.143. The smallest absolute Gasteiger partial charge is 0.343 e. The number of hydrazone groups is 1. The van der Waals surface area contributed by atoms with Gasteiger partial charge in [0.15, 0.2) is 11.5 Å². The molecule has 0 bridgehead atoms. The van der Waals surface area contributed by atoms with Crippen LogP contribution in [0.25, 0.3) is 10.8 Å². The lowest BCUT2D eigenvalue weighted by atomic mass is 10.0. The first-order valence-corrected chi connectivity index (χ1v) is 11.5. The van der Waals surface area contributed by atoms with E-state index in [9.17, 15) is 9.59 Å². The third kappa shape index (κ3) is 5.65. The Morgan fingerprint density at radius 1 is 0.811 bits per heavy atom. The minimum Gasteiger partial charge on any atom is -0.493 e. The highest BCUT2D eigenvalue weighted by molar-refractivity contribution is 6.30. The molecule has 4 rings (SSSR count). The molecule has 37 heavy (non-hydrogen) atoms. The summed E-state index contributed by atoms with van der Waals surface area (Å²) in [5.41, 5.74) is 3.61. The molecule has 0 fully saturated rings. The molecule has 0 atom stereocenters. The zero-order valence-corrected chi connectivity index (χ0v) is 21.0. The fourth-order valence-electron chi connectivity index (χ4n) is 3.67. The summed E-state index contributed by atoms with van der Waals surface area (Å²) in [7, 11) is 4.40. The average Bonchev–Trinajstić information content (AvgIpc) is 2.93. The first kappa shape index (κ1) is 25.5. The van der Waals surface area contributed by atoms with Gasteiger partial charge in [-0.3, -0.25) is 4.79 Å². The molecule has 0 aliphatic heterocycles. The van der Waals surface area contributed by atoms with E-state index in [2.05, 4.69) is 10.5 Å². The van der Waals surface area contributed by atoms with Crippen LogP contribution in [-0.2, 0) is 0 Å². The lowest BCUT2D eigenvalue weighted by Crippen LogP contribution is -2.18. The van der Waals surface area contributed by atoms with Crippen molar-refractivity contribution in [2.45, 2.75) is 0 Å². The molecule has 8 nitrogen and oxygen atoms in total. The van der Waals surface area contributed by atoms with Crippen molar-refractivity contribution in [2.24, 2.45) is 5.10 Å². The monoisotopic (exact) mass is 518 g/mol. The molecule has 0 saturated heterocycles. The van der Waals surface area contributed by atoms with E-state index in [1.807, 2.05) is 30.3 Å². The molecule has 4 aromatic carbocycles. The highest BCUT2D eigenvalue weighted by Crippen LogP contribution is 2.38. The summed E-state index contributed by atoms with van der Waals surface area (Å²) in [5.74, 6) is 0.263. The number of rotatable bonds is 8. The van der Waals surface area contributed by atoms with Crippen LogP contribution in [0.5, 0.6) is 23.0 Å². The van der Waals surface area contributed by atoms with Crippen molar-refractivity contribution < 1.29 is 28.5 Å². The fourth-order valence-corrected chi connectivity index (χ4v) is 3.80. The molecule has 0 aliphatic rings. The SMILES string of the molecule is COc1cc(C(=O)N/N=C\c2c(OC(=O)c3ccc(Cl)cc3)ccc3ccccc23)cc(OC)c1OC. The summed E-state index contributed by atoms with van der Waals surface area (Å²) in [6, 6.07) is 20.5. The minimum atomic E-state index is -0.553. The molecule has 1 N–H and O–H groups in total. The Morgan fingerprint density at radius 3 is 2.14 bits per heavy atom. The van der Waals surface area contributed by atoms with Gasteiger partial charge in [-0.25, -0.2) is 10.2 Å². The van der Waals surface area contributed by atoms with Crippen LogP contribution < -0.4 is 24.4 Å². The Bertz CT molecular complexity index is 1460. The predicted molar refractivity (Wildman–Crippen MR) is 142 cm³/mol. The van der Waals surface area contributed by atoms with Gasteiger partial charge in [0.2, 0.25) is 5.75 Å². The second kappa shape index (κ2) is 11.5. The van der Waals surface area contributed by atoms with Crippen molar-refractivity contribution in [3.63, 3.8) is 0 Å². The molecular formula is C28H23ClN2O6. The minimum absolute atomic E-state index is 0.249. The highest BCUT2D eigenvalue weighted by atomic mass is 35.5. The van der Waals surface area contributed by atoms with Gasteiger partial charge in [-0.05, 0) is 53.2 Å². The van der Waals surface area contributed by atoms with E-state index in [1.54, 1.807) is 30.3 Å². The Kier molecular flexibility index (Phi) is 7.90. The third-order valence-corrected chi connectivity index (χ3v) is 5.75. The van der Waals surface area contributed by atoms with Crippen molar-refractivity contribution in [3.8, 4) is 23.0 Å². The topological polar surface area (TPSA) is 95.5 Å². The van der Waals surface area contributed by atoms with E-state index in [0.717, 1.165) is 10.8 Å². The number of methoxy groups -OCH3 is 3. The van der Waals surface area contributed by atoms with Crippen LogP contribution in [0.2, 0.25) is 5.02 Å². The average molecular weight is 519 g/mol. The van der Waals surface area contributed by atoms with Crippen molar-refractivity contribution >= 4 is 40.5 Å². The molecule has 0 unspecified atom stereocenters. The van der Waals surface area contributed by atoms with Crippen LogP contribution in [0.15, 0.2) is 77.9 Å². The lowest BCUT2D eigenvalue weighted by molar-refractivity contribution is 0.0734. The predicted octanol–water partition coefficient (Wildman–Crippen LogP) is 5.50. The maximum Gasteiger partial charge on any atom is 0.343 e. The maximum atomic E-state index is 12.8. The molecule has 0 spiro atoms. The fraction of sp³-hybridized carbons (Fsp3) is 0.107. The molecule has 0 heterocycles. The van der Waals surface area contributed by atoms with Crippen LogP contribution in [0.1, 0.15) is 26.3 Å². The Morgan fingerprint density at radius 2 is 1.49 bits per heavy atom. The Labute approximate surface area is 218 Å². The van der Waals surface area contributed by atoms with Gasteiger partial charge in [0, 0.05) is 16.1 Å². The molecule has 4 aromatic rings. The zero-order chi connectivity index (χ0) is 26.4. The number of nitrogens with one attached hydrogen (secondary N) is 1. The Hall–Kier alpha value is -4.56. The van der Waals surface area contributed by atoms with E-state index >= 15 is 0 Å². The molecule has 188 valence electrons. The van der Waals surface area contributed by atoms with E-state index in [-0.39, 0.29) is 11.3 Å². The molecule has 0 saturated carbocycles. The molecular weight excluding hydrogens is 496 g/mol. The first-order chi connectivity index (χ1) is 17.9. The van der Waals surface area contributed by atoms with E-state index in [4.69, 9.17) is 30.5 Å². The maximum absolute atomic E-state index is 12.8. The lowest BCUT2D eigenvalue weighted by Gasteiger charge is -2.13. The zero-order valence-electron chi connectivity index (χ0n) is 20.3. The van der Waals surface area contributed by atoms with E-state index in [1.165, 1.54) is 39.7 Å².